The van der Waals surface area contributed by atoms with Gasteiger partial charge in [0.05, 0.1) is 6.54 Å². The fourth-order valence-electron chi connectivity index (χ4n) is 2.52. The van der Waals surface area contributed by atoms with Gasteiger partial charge in [0.15, 0.2) is 17.6 Å². The molecule has 0 saturated carbocycles. The number of ether oxygens (including phenoxy) is 2. The lowest BCUT2D eigenvalue weighted by molar-refractivity contribution is 0.133. The molecule has 96 valence electrons. The summed E-state index contributed by atoms with van der Waals surface area (Å²) in [6.07, 6.45) is -0.115. The molecule has 19 heavy (non-hydrogen) atoms. The Labute approximate surface area is 111 Å². The number of benzene rings is 2. The highest BCUT2D eigenvalue weighted by atomic mass is 16.6. The van der Waals surface area contributed by atoms with Gasteiger partial charge in [-0.25, -0.2) is 0 Å². The van der Waals surface area contributed by atoms with Gasteiger partial charge in [0.2, 0.25) is 0 Å². The Balaban J connectivity index is 1.72. The van der Waals surface area contributed by atoms with Gasteiger partial charge >= 0.3 is 0 Å². The van der Waals surface area contributed by atoms with Crippen molar-refractivity contribution in [3.05, 3.63) is 36.4 Å². The van der Waals surface area contributed by atoms with Crippen molar-refractivity contribution in [1.82, 2.24) is 5.32 Å². The maximum atomic E-state index is 6.01. The van der Waals surface area contributed by atoms with Crippen molar-refractivity contribution in [2.24, 2.45) is 4.99 Å². The highest BCUT2D eigenvalue weighted by molar-refractivity contribution is 5.90. The van der Waals surface area contributed by atoms with Gasteiger partial charge in [0, 0.05) is 6.54 Å². The molecule has 0 fully saturated rings. The molecule has 0 saturated heterocycles. The minimum atomic E-state index is -0.115. The molecular formula is C15H14N2O2. The highest BCUT2D eigenvalue weighted by Gasteiger charge is 2.27. The predicted octanol–water partition coefficient (Wildman–Crippen LogP) is 1.98. The molecule has 2 heterocycles. The number of hydrogen-bond donors (Lipinski definition) is 1. The second-order valence-corrected chi connectivity index (χ2v) is 4.76. The van der Waals surface area contributed by atoms with Crippen molar-refractivity contribution in [2.45, 2.75) is 6.10 Å². The maximum Gasteiger partial charge on any atom is 0.189 e. The maximum absolute atomic E-state index is 6.01. The Bertz CT molecular complexity index is 666. The molecule has 2 aromatic carbocycles. The minimum Gasteiger partial charge on any atom is -0.485 e. The van der Waals surface area contributed by atoms with Gasteiger partial charge in [0.1, 0.15) is 12.4 Å². The van der Waals surface area contributed by atoms with E-state index in [1.165, 1.54) is 5.39 Å². The summed E-state index contributed by atoms with van der Waals surface area (Å²) in [6, 6.07) is 12.3. The largest absolute Gasteiger partial charge is 0.485 e. The molecule has 0 amide bonds. The molecule has 2 aliphatic rings. The molecule has 2 aliphatic heterocycles. The molecule has 0 spiro atoms. The molecular weight excluding hydrogens is 240 g/mol. The fraction of sp³-hybridized carbons (Fsp3) is 0.267. The van der Waals surface area contributed by atoms with Crippen molar-refractivity contribution < 1.29 is 9.47 Å². The zero-order chi connectivity index (χ0) is 12.7. The number of aliphatic imine (C=N–C) groups is 1. The first-order chi connectivity index (χ1) is 9.40. The van der Waals surface area contributed by atoms with E-state index in [0.29, 0.717) is 6.61 Å². The Morgan fingerprint density at radius 1 is 1.11 bits per heavy atom. The van der Waals surface area contributed by atoms with Crippen LogP contribution in [0.1, 0.15) is 0 Å². The SMILES string of the molecule is c1ccc2cc3c(cc2c1)OCC(C1=NCCN1)O3. The number of rotatable bonds is 1. The third-order valence-electron chi connectivity index (χ3n) is 3.48. The van der Waals surface area contributed by atoms with E-state index in [0.717, 1.165) is 35.8 Å². The Hall–Kier alpha value is -2.23. The van der Waals surface area contributed by atoms with Gasteiger partial charge in [-0.3, -0.25) is 4.99 Å². The molecule has 0 radical (unpaired) electrons. The first kappa shape index (κ1) is 10.7. The van der Waals surface area contributed by atoms with E-state index < -0.39 is 0 Å². The van der Waals surface area contributed by atoms with Crippen LogP contribution in [0.25, 0.3) is 10.8 Å². The molecule has 4 heteroatoms. The Morgan fingerprint density at radius 3 is 2.63 bits per heavy atom. The fourth-order valence-corrected chi connectivity index (χ4v) is 2.52. The quantitative estimate of drug-likeness (QED) is 0.846. The van der Waals surface area contributed by atoms with Crippen LogP contribution in [0.4, 0.5) is 0 Å². The van der Waals surface area contributed by atoms with Crippen molar-refractivity contribution in [3.63, 3.8) is 0 Å². The number of hydrogen-bond acceptors (Lipinski definition) is 4. The topological polar surface area (TPSA) is 42.8 Å². The van der Waals surface area contributed by atoms with Gasteiger partial charge in [-0.1, -0.05) is 24.3 Å². The third kappa shape index (κ3) is 1.80. The number of nitrogens with zero attached hydrogens (tertiary/aromatic N) is 1. The summed E-state index contributed by atoms with van der Waals surface area (Å²) in [5, 5.41) is 5.56. The van der Waals surface area contributed by atoms with Crippen LogP contribution < -0.4 is 14.8 Å². The summed E-state index contributed by atoms with van der Waals surface area (Å²) in [5.74, 6) is 2.51. The summed E-state index contributed by atoms with van der Waals surface area (Å²) in [4.78, 5) is 4.40. The molecule has 4 nitrogen and oxygen atoms in total. The Kier molecular flexibility index (Phi) is 2.33. The standard InChI is InChI=1S/C15H14N2O2/c1-2-4-11-8-13-12(7-10(11)3-1)18-9-14(19-13)15-16-5-6-17-15/h1-4,7-8,14H,5-6,9H2,(H,16,17). The van der Waals surface area contributed by atoms with Gasteiger partial charge in [0.25, 0.3) is 0 Å². The molecule has 1 atom stereocenters. The number of fused-ring (bicyclic) bond motifs is 2. The van der Waals surface area contributed by atoms with Crippen LogP contribution in [-0.4, -0.2) is 31.6 Å². The van der Waals surface area contributed by atoms with Crippen molar-refractivity contribution in [3.8, 4) is 11.5 Å². The summed E-state index contributed by atoms with van der Waals surface area (Å²) in [5.41, 5.74) is 0. The van der Waals surface area contributed by atoms with E-state index in [-0.39, 0.29) is 6.10 Å². The molecule has 1 unspecified atom stereocenters. The van der Waals surface area contributed by atoms with Crippen LogP contribution in [0.5, 0.6) is 11.5 Å². The smallest absolute Gasteiger partial charge is 0.189 e. The van der Waals surface area contributed by atoms with Crippen molar-refractivity contribution >= 4 is 16.6 Å². The lowest BCUT2D eigenvalue weighted by atomic mass is 10.1. The zero-order valence-corrected chi connectivity index (χ0v) is 10.4. The molecule has 0 aliphatic carbocycles. The number of nitrogens with one attached hydrogen (secondary N) is 1. The van der Waals surface area contributed by atoms with Crippen LogP contribution >= 0.6 is 0 Å². The van der Waals surface area contributed by atoms with Crippen LogP contribution in [0.3, 0.4) is 0 Å². The second-order valence-electron chi connectivity index (χ2n) is 4.76. The van der Waals surface area contributed by atoms with Gasteiger partial charge in [-0.2, -0.15) is 0 Å². The van der Waals surface area contributed by atoms with E-state index in [9.17, 15) is 0 Å². The predicted molar refractivity (Wildman–Crippen MR) is 74.2 cm³/mol. The lowest BCUT2D eigenvalue weighted by Crippen LogP contribution is -2.42. The van der Waals surface area contributed by atoms with Crippen molar-refractivity contribution in [1.29, 1.82) is 0 Å². The summed E-state index contributed by atoms with van der Waals surface area (Å²) >= 11 is 0. The minimum absolute atomic E-state index is 0.115. The van der Waals surface area contributed by atoms with E-state index in [4.69, 9.17) is 9.47 Å². The first-order valence-corrected chi connectivity index (χ1v) is 6.50. The van der Waals surface area contributed by atoms with Crippen molar-refractivity contribution in [2.75, 3.05) is 19.7 Å². The number of amidine groups is 1. The van der Waals surface area contributed by atoms with Gasteiger partial charge in [-0.15, -0.1) is 0 Å². The lowest BCUT2D eigenvalue weighted by Gasteiger charge is -2.27. The van der Waals surface area contributed by atoms with Gasteiger partial charge in [-0.05, 0) is 22.9 Å². The normalized spacial score (nSPS) is 21.1. The molecule has 0 bridgehead atoms. The second kappa shape index (κ2) is 4.16. The van der Waals surface area contributed by atoms with E-state index in [1.807, 2.05) is 24.3 Å². The van der Waals surface area contributed by atoms with Crippen LogP contribution in [0.15, 0.2) is 41.4 Å². The molecule has 1 N–H and O–H groups in total. The molecule has 2 aromatic rings. The average Bonchev–Trinajstić information content (AvgIpc) is 2.98. The van der Waals surface area contributed by atoms with E-state index in [2.05, 4.69) is 22.4 Å². The average molecular weight is 254 g/mol. The zero-order valence-electron chi connectivity index (χ0n) is 10.4. The van der Waals surface area contributed by atoms with E-state index >= 15 is 0 Å². The molecule has 0 aromatic heterocycles. The summed E-state index contributed by atoms with van der Waals surface area (Å²) in [6.45, 7) is 2.22. The monoisotopic (exact) mass is 254 g/mol. The summed E-state index contributed by atoms with van der Waals surface area (Å²) in [7, 11) is 0. The Morgan fingerprint density at radius 2 is 1.89 bits per heavy atom. The van der Waals surface area contributed by atoms with Crippen LogP contribution in [-0.2, 0) is 0 Å². The van der Waals surface area contributed by atoms with Crippen LogP contribution in [0.2, 0.25) is 0 Å². The third-order valence-corrected chi connectivity index (χ3v) is 3.48. The van der Waals surface area contributed by atoms with Gasteiger partial charge < -0.3 is 14.8 Å². The molecule has 4 rings (SSSR count). The highest BCUT2D eigenvalue weighted by Crippen LogP contribution is 2.36. The summed E-state index contributed by atoms with van der Waals surface area (Å²) < 4.78 is 11.8. The van der Waals surface area contributed by atoms with Crippen LogP contribution in [0, 0.1) is 0 Å². The first-order valence-electron chi connectivity index (χ1n) is 6.50. The van der Waals surface area contributed by atoms with E-state index in [1.54, 1.807) is 0 Å².